The highest BCUT2D eigenvalue weighted by Crippen LogP contribution is 2.30. The number of hydrogen-bond donors (Lipinski definition) is 2. The molecular weight excluding hydrogens is 410 g/mol. The van der Waals surface area contributed by atoms with Gasteiger partial charge in [-0.2, -0.15) is 0 Å². The van der Waals surface area contributed by atoms with Crippen LogP contribution in [-0.4, -0.2) is 40.8 Å². The lowest BCUT2D eigenvalue weighted by atomic mass is 10.1. The van der Waals surface area contributed by atoms with Crippen molar-refractivity contribution in [3.05, 3.63) is 54.2 Å². The molecule has 166 valence electrons. The first kappa shape index (κ1) is 21.4. The number of aromatic amines is 1. The zero-order valence-electron chi connectivity index (χ0n) is 18.4. The summed E-state index contributed by atoms with van der Waals surface area (Å²) in [5, 5.41) is 3.60. The number of carbonyl (C=O) groups excluding carboxylic acids is 2. The van der Waals surface area contributed by atoms with Gasteiger partial charge in [-0.3, -0.25) is 0 Å². The zero-order valence-corrected chi connectivity index (χ0v) is 18.4. The molecule has 1 unspecified atom stereocenters. The molecule has 8 nitrogen and oxygen atoms in total. The summed E-state index contributed by atoms with van der Waals surface area (Å²) in [4.78, 5) is 32.2. The Labute approximate surface area is 184 Å². The number of hydrogen-bond acceptors (Lipinski definition) is 6. The summed E-state index contributed by atoms with van der Waals surface area (Å²) in [7, 11) is 1.28. The van der Waals surface area contributed by atoms with Crippen LogP contribution < -0.4 is 5.32 Å². The van der Waals surface area contributed by atoms with E-state index in [-0.39, 0.29) is 6.42 Å². The molecule has 0 saturated heterocycles. The Kier molecular flexibility index (Phi) is 5.61. The molecule has 2 aromatic carbocycles. The van der Waals surface area contributed by atoms with Crippen LogP contribution in [0.1, 0.15) is 26.3 Å². The number of H-pyrrole nitrogens is 1. The summed E-state index contributed by atoms with van der Waals surface area (Å²) in [5.41, 5.74) is 3.27. The smallest absolute Gasteiger partial charge is 0.408 e. The average Bonchev–Trinajstić information content (AvgIpc) is 3.34. The number of carbonyl (C=O) groups is 2. The van der Waals surface area contributed by atoms with Gasteiger partial charge in [0.15, 0.2) is 5.58 Å². The standard InChI is InChI=1S/C24H25N3O5/c1-24(2,3)32-23(29)27-19(22(28)30-4)12-14-9-10-20-18(11-14)26-21(31-20)16-13-25-17-8-6-5-7-15(16)17/h5-11,13,19,25H,12H2,1-4H3,(H,27,29). The van der Waals surface area contributed by atoms with Crippen LogP contribution in [0.15, 0.2) is 53.1 Å². The van der Waals surface area contributed by atoms with Crippen LogP contribution >= 0.6 is 0 Å². The van der Waals surface area contributed by atoms with Gasteiger partial charge in [-0.1, -0.05) is 24.3 Å². The maximum Gasteiger partial charge on any atom is 0.408 e. The third kappa shape index (κ3) is 4.59. The lowest BCUT2D eigenvalue weighted by Gasteiger charge is -2.22. The molecule has 0 aliphatic heterocycles. The highest BCUT2D eigenvalue weighted by atomic mass is 16.6. The van der Waals surface area contributed by atoms with Gasteiger partial charge in [0.2, 0.25) is 5.89 Å². The fraction of sp³-hybridized carbons (Fsp3) is 0.292. The molecule has 0 bridgehead atoms. The molecule has 0 aliphatic carbocycles. The summed E-state index contributed by atoms with van der Waals surface area (Å²) in [5.74, 6) is -0.0541. The minimum absolute atomic E-state index is 0.219. The topological polar surface area (TPSA) is 106 Å². The van der Waals surface area contributed by atoms with Crippen molar-refractivity contribution in [2.75, 3.05) is 7.11 Å². The molecular formula is C24H25N3O5. The second-order valence-electron chi connectivity index (χ2n) is 8.50. The normalized spacial score (nSPS) is 12.6. The van der Waals surface area contributed by atoms with Gasteiger partial charge >= 0.3 is 12.1 Å². The zero-order chi connectivity index (χ0) is 22.9. The van der Waals surface area contributed by atoms with Crippen molar-refractivity contribution < 1.29 is 23.5 Å². The number of amides is 1. The number of aromatic nitrogens is 2. The molecule has 4 rings (SSSR count). The van der Waals surface area contributed by atoms with Gasteiger partial charge in [-0.25, -0.2) is 14.6 Å². The van der Waals surface area contributed by atoms with Gasteiger partial charge in [0.25, 0.3) is 0 Å². The Hall–Kier alpha value is -3.81. The maximum atomic E-state index is 12.2. The second-order valence-corrected chi connectivity index (χ2v) is 8.50. The molecule has 1 atom stereocenters. The number of esters is 1. The summed E-state index contributed by atoms with van der Waals surface area (Å²) in [6.45, 7) is 5.26. The van der Waals surface area contributed by atoms with Crippen molar-refractivity contribution in [3.8, 4) is 11.5 Å². The lowest BCUT2D eigenvalue weighted by Crippen LogP contribution is -2.45. The first-order chi connectivity index (χ1) is 15.2. The summed E-state index contributed by atoms with van der Waals surface area (Å²) >= 11 is 0. The molecule has 0 saturated carbocycles. The van der Waals surface area contributed by atoms with Gasteiger partial charge in [0, 0.05) is 23.5 Å². The Balaban J connectivity index is 1.58. The van der Waals surface area contributed by atoms with E-state index >= 15 is 0 Å². The highest BCUT2D eigenvalue weighted by molar-refractivity contribution is 5.94. The van der Waals surface area contributed by atoms with E-state index in [0.717, 1.165) is 22.0 Å². The maximum absolute atomic E-state index is 12.2. The molecule has 0 aliphatic rings. The molecule has 4 aromatic rings. The molecule has 0 fully saturated rings. The third-order valence-electron chi connectivity index (χ3n) is 4.89. The quantitative estimate of drug-likeness (QED) is 0.444. The summed E-state index contributed by atoms with van der Waals surface area (Å²) in [6.07, 6.45) is 1.41. The number of methoxy groups -OCH3 is 1. The number of ether oxygens (including phenoxy) is 2. The van der Waals surface area contributed by atoms with E-state index in [4.69, 9.17) is 13.9 Å². The number of fused-ring (bicyclic) bond motifs is 2. The van der Waals surface area contributed by atoms with Crippen molar-refractivity contribution in [3.63, 3.8) is 0 Å². The van der Waals surface area contributed by atoms with Gasteiger partial charge in [-0.05, 0) is 44.5 Å². The Morgan fingerprint density at radius 3 is 2.72 bits per heavy atom. The van der Waals surface area contributed by atoms with Gasteiger partial charge in [-0.15, -0.1) is 0 Å². The number of alkyl carbamates (subject to hydrolysis) is 1. The Morgan fingerprint density at radius 1 is 1.19 bits per heavy atom. The molecule has 32 heavy (non-hydrogen) atoms. The van der Waals surface area contributed by atoms with E-state index in [1.54, 1.807) is 26.8 Å². The average molecular weight is 435 g/mol. The van der Waals surface area contributed by atoms with Gasteiger partial charge < -0.3 is 24.2 Å². The largest absolute Gasteiger partial charge is 0.467 e. The van der Waals surface area contributed by atoms with Crippen LogP contribution in [0.2, 0.25) is 0 Å². The lowest BCUT2D eigenvalue weighted by molar-refractivity contribution is -0.143. The van der Waals surface area contributed by atoms with E-state index in [1.807, 2.05) is 42.6 Å². The number of nitrogens with one attached hydrogen (secondary N) is 2. The van der Waals surface area contributed by atoms with E-state index in [0.29, 0.717) is 17.0 Å². The van der Waals surface area contributed by atoms with Crippen molar-refractivity contribution in [1.29, 1.82) is 0 Å². The summed E-state index contributed by atoms with van der Waals surface area (Å²) in [6, 6.07) is 12.5. The van der Waals surface area contributed by atoms with Crippen LogP contribution in [-0.2, 0) is 20.7 Å². The number of rotatable bonds is 5. The fourth-order valence-electron chi connectivity index (χ4n) is 3.48. The number of nitrogens with zero attached hydrogens (tertiary/aromatic N) is 1. The molecule has 2 aromatic heterocycles. The van der Waals surface area contributed by atoms with Crippen molar-refractivity contribution in [2.24, 2.45) is 0 Å². The van der Waals surface area contributed by atoms with Crippen molar-refractivity contribution in [2.45, 2.75) is 38.8 Å². The highest BCUT2D eigenvalue weighted by Gasteiger charge is 2.25. The molecule has 2 N–H and O–H groups in total. The van der Waals surface area contributed by atoms with E-state index in [9.17, 15) is 9.59 Å². The first-order valence-electron chi connectivity index (χ1n) is 10.3. The SMILES string of the molecule is COC(=O)C(Cc1ccc2oc(-c3c[nH]c4ccccc34)nc2c1)NC(=O)OC(C)(C)C. The van der Waals surface area contributed by atoms with Gasteiger partial charge in [0.05, 0.1) is 12.7 Å². The van der Waals surface area contributed by atoms with Crippen LogP contribution in [0.3, 0.4) is 0 Å². The number of oxazole rings is 1. The Morgan fingerprint density at radius 2 is 1.97 bits per heavy atom. The predicted octanol–water partition coefficient (Wildman–Crippen LogP) is 4.58. The first-order valence-corrected chi connectivity index (χ1v) is 10.3. The van der Waals surface area contributed by atoms with E-state index in [1.165, 1.54) is 7.11 Å². The molecule has 8 heteroatoms. The van der Waals surface area contributed by atoms with Crippen molar-refractivity contribution >= 4 is 34.1 Å². The van der Waals surface area contributed by atoms with E-state index in [2.05, 4.69) is 15.3 Å². The van der Waals surface area contributed by atoms with Crippen LogP contribution in [0.4, 0.5) is 4.79 Å². The van der Waals surface area contributed by atoms with Crippen molar-refractivity contribution in [1.82, 2.24) is 15.3 Å². The van der Waals surface area contributed by atoms with Crippen LogP contribution in [0.25, 0.3) is 33.5 Å². The third-order valence-corrected chi connectivity index (χ3v) is 4.89. The number of para-hydroxylation sites is 1. The second kappa shape index (κ2) is 8.37. The summed E-state index contributed by atoms with van der Waals surface area (Å²) < 4.78 is 16.1. The minimum Gasteiger partial charge on any atom is -0.467 e. The van der Waals surface area contributed by atoms with E-state index < -0.39 is 23.7 Å². The van der Waals surface area contributed by atoms with Gasteiger partial charge in [0.1, 0.15) is 17.2 Å². The molecule has 1 amide bonds. The number of benzene rings is 2. The minimum atomic E-state index is -0.896. The molecule has 0 radical (unpaired) electrons. The van der Waals surface area contributed by atoms with Crippen LogP contribution in [0.5, 0.6) is 0 Å². The molecule has 0 spiro atoms. The predicted molar refractivity (Wildman–Crippen MR) is 120 cm³/mol. The fourth-order valence-corrected chi connectivity index (χ4v) is 3.48. The van der Waals surface area contributed by atoms with Crippen LogP contribution in [0, 0.1) is 0 Å². The monoisotopic (exact) mass is 435 g/mol. The molecule has 2 heterocycles. The Bertz CT molecular complexity index is 1280.